The molecule has 2 rings (SSSR count). The van der Waals surface area contributed by atoms with Crippen LogP contribution in [-0.2, 0) is 0 Å². The quantitative estimate of drug-likeness (QED) is 0.805. The van der Waals surface area contributed by atoms with Gasteiger partial charge in [-0.05, 0) is 35.0 Å². The molecule has 0 aliphatic carbocycles. The first kappa shape index (κ1) is 8.72. The summed E-state index contributed by atoms with van der Waals surface area (Å²) in [6.45, 7) is 1.69. The molecule has 3 nitrogen and oxygen atoms in total. The molecule has 1 aromatic carbocycles. The second-order valence-electron chi connectivity index (χ2n) is 2.93. The number of H-pyrrole nitrogens is 1. The molecule has 0 saturated heterocycles. The lowest BCUT2D eigenvalue weighted by molar-refractivity contribution is 0.190. The lowest BCUT2D eigenvalue weighted by atomic mass is 10.3. The van der Waals surface area contributed by atoms with Gasteiger partial charge >= 0.3 is 0 Å². The molecule has 4 heteroatoms. The maximum absolute atomic E-state index is 9.31. The van der Waals surface area contributed by atoms with Crippen LogP contribution in [0.4, 0.5) is 0 Å². The van der Waals surface area contributed by atoms with Gasteiger partial charge in [0.1, 0.15) is 17.4 Å². The normalized spacial score (nSPS) is 13.5. The zero-order valence-corrected chi connectivity index (χ0v) is 8.67. The highest BCUT2D eigenvalue weighted by Gasteiger charge is 2.08. The fourth-order valence-electron chi connectivity index (χ4n) is 1.21. The van der Waals surface area contributed by atoms with E-state index in [4.69, 9.17) is 0 Å². The molecule has 1 atom stereocenters. The molecule has 0 aliphatic heterocycles. The molecule has 13 heavy (non-hydrogen) atoms. The molecule has 1 unspecified atom stereocenters. The van der Waals surface area contributed by atoms with E-state index in [1.54, 1.807) is 6.92 Å². The molecule has 0 radical (unpaired) electrons. The number of benzene rings is 1. The number of aliphatic hydroxyl groups excluding tert-OH is 1. The van der Waals surface area contributed by atoms with Crippen LogP contribution in [0.25, 0.3) is 11.0 Å². The van der Waals surface area contributed by atoms with Crippen molar-refractivity contribution in [1.29, 1.82) is 0 Å². The highest BCUT2D eigenvalue weighted by atomic mass is 79.9. The molecule has 2 N–H and O–H groups in total. The average Bonchev–Trinajstić information content (AvgIpc) is 2.49. The van der Waals surface area contributed by atoms with E-state index in [0.717, 1.165) is 15.5 Å². The van der Waals surface area contributed by atoms with Crippen molar-refractivity contribution >= 4 is 27.0 Å². The fourth-order valence-corrected chi connectivity index (χ4v) is 1.67. The molecule has 2 aromatic rings. The third kappa shape index (κ3) is 1.47. The van der Waals surface area contributed by atoms with Crippen LogP contribution in [-0.4, -0.2) is 15.1 Å². The highest BCUT2D eigenvalue weighted by Crippen LogP contribution is 2.23. The van der Waals surface area contributed by atoms with Gasteiger partial charge in [-0.3, -0.25) is 0 Å². The molecular formula is C9H9BrN2O. The van der Waals surface area contributed by atoms with E-state index in [0.29, 0.717) is 5.82 Å². The Labute approximate surface area is 83.9 Å². The summed E-state index contributed by atoms with van der Waals surface area (Å²) in [5.74, 6) is 0.599. The number of halogens is 1. The molecule has 0 bridgehead atoms. The van der Waals surface area contributed by atoms with Gasteiger partial charge in [0.2, 0.25) is 0 Å². The third-order valence-corrected chi connectivity index (χ3v) is 2.52. The van der Waals surface area contributed by atoms with E-state index in [1.165, 1.54) is 0 Å². The Morgan fingerprint density at radius 1 is 1.54 bits per heavy atom. The molecule has 1 heterocycles. The van der Waals surface area contributed by atoms with Crippen LogP contribution in [0.3, 0.4) is 0 Å². The summed E-state index contributed by atoms with van der Waals surface area (Å²) in [6.07, 6.45) is -0.556. The van der Waals surface area contributed by atoms with Crippen molar-refractivity contribution in [3.05, 3.63) is 28.5 Å². The molecule has 1 aromatic heterocycles. The van der Waals surface area contributed by atoms with E-state index in [1.807, 2.05) is 18.2 Å². The van der Waals surface area contributed by atoms with Crippen LogP contribution in [0, 0.1) is 0 Å². The first-order chi connectivity index (χ1) is 6.18. The van der Waals surface area contributed by atoms with Gasteiger partial charge in [0.25, 0.3) is 0 Å². The van der Waals surface area contributed by atoms with Gasteiger partial charge < -0.3 is 10.1 Å². The van der Waals surface area contributed by atoms with Gasteiger partial charge in [0, 0.05) is 4.47 Å². The van der Waals surface area contributed by atoms with E-state index < -0.39 is 6.10 Å². The Hall–Kier alpha value is -0.870. The Balaban J connectivity index is 2.68. The van der Waals surface area contributed by atoms with Crippen LogP contribution in [0.5, 0.6) is 0 Å². The number of imidazole rings is 1. The summed E-state index contributed by atoms with van der Waals surface area (Å²) >= 11 is 3.40. The van der Waals surface area contributed by atoms with Crippen LogP contribution in [0.2, 0.25) is 0 Å². The third-order valence-electron chi connectivity index (χ3n) is 1.88. The molecule has 68 valence electrons. The number of hydrogen-bond acceptors (Lipinski definition) is 2. The molecule has 0 aliphatic rings. The van der Waals surface area contributed by atoms with Crippen molar-refractivity contribution in [3.63, 3.8) is 0 Å². The summed E-state index contributed by atoms with van der Waals surface area (Å²) < 4.78 is 0.938. The Bertz CT molecular complexity index is 436. The number of aliphatic hydroxyl groups is 1. The van der Waals surface area contributed by atoms with E-state index in [9.17, 15) is 5.11 Å². The van der Waals surface area contributed by atoms with Crippen LogP contribution in [0.15, 0.2) is 22.7 Å². The van der Waals surface area contributed by atoms with Crippen molar-refractivity contribution in [2.45, 2.75) is 13.0 Å². The zero-order chi connectivity index (χ0) is 9.42. The van der Waals surface area contributed by atoms with Gasteiger partial charge in [-0.25, -0.2) is 4.98 Å². The summed E-state index contributed by atoms with van der Waals surface area (Å²) in [7, 11) is 0. The minimum absolute atomic E-state index is 0.556. The van der Waals surface area contributed by atoms with Gasteiger partial charge in [-0.1, -0.05) is 6.07 Å². The van der Waals surface area contributed by atoms with Gasteiger partial charge in [0.15, 0.2) is 0 Å². The van der Waals surface area contributed by atoms with E-state index in [2.05, 4.69) is 25.9 Å². The minimum atomic E-state index is -0.556. The Kier molecular flexibility index (Phi) is 2.09. The maximum Gasteiger partial charge on any atom is 0.135 e. The first-order valence-corrected chi connectivity index (χ1v) is 4.80. The van der Waals surface area contributed by atoms with Crippen molar-refractivity contribution < 1.29 is 5.11 Å². The number of fused-ring (bicyclic) bond motifs is 1. The zero-order valence-electron chi connectivity index (χ0n) is 7.08. The van der Waals surface area contributed by atoms with Crippen LogP contribution in [0.1, 0.15) is 18.9 Å². The molecule has 0 fully saturated rings. The topological polar surface area (TPSA) is 48.9 Å². The van der Waals surface area contributed by atoms with Crippen molar-refractivity contribution in [2.24, 2.45) is 0 Å². The smallest absolute Gasteiger partial charge is 0.135 e. The predicted molar refractivity (Wildman–Crippen MR) is 54.4 cm³/mol. The number of para-hydroxylation sites is 1. The Morgan fingerprint density at radius 2 is 2.31 bits per heavy atom. The van der Waals surface area contributed by atoms with E-state index >= 15 is 0 Å². The van der Waals surface area contributed by atoms with Crippen LogP contribution < -0.4 is 0 Å². The van der Waals surface area contributed by atoms with Crippen molar-refractivity contribution in [1.82, 2.24) is 9.97 Å². The molecule has 0 amide bonds. The summed E-state index contributed by atoms with van der Waals surface area (Å²) in [4.78, 5) is 7.30. The largest absolute Gasteiger partial charge is 0.385 e. The van der Waals surface area contributed by atoms with Gasteiger partial charge in [-0.15, -0.1) is 0 Å². The molecule has 0 spiro atoms. The number of nitrogens with one attached hydrogen (secondary N) is 1. The average molecular weight is 241 g/mol. The summed E-state index contributed by atoms with van der Waals surface area (Å²) in [6, 6.07) is 5.78. The van der Waals surface area contributed by atoms with E-state index in [-0.39, 0.29) is 0 Å². The summed E-state index contributed by atoms with van der Waals surface area (Å²) in [5.41, 5.74) is 1.80. The standard InChI is InChI=1S/C9H9BrN2O/c1-5(13)9-11-7-4-2-3-6(10)8(7)12-9/h2-5,13H,1H3,(H,11,12). The van der Waals surface area contributed by atoms with Crippen molar-refractivity contribution in [3.8, 4) is 0 Å². The number of aromatic nitrogens is 2. The number of hydrogen-bond donors (Lipinski definition) is 2. The fraction of sp³-hybridized carbons (Fsp3) is 0.222. The second kappa shape index (κ2) is 3.12. The predicted octanol–water partition coefficient (Wildman–Crippen LogP) is 2.38. The molecular weight excluding hydrogens is 232 g/mol. The number of aromatic amines is 1. The SMILES string of the molecule is CC(O)c1nc2c(Br)cccc2[nH]1. The number of nitrogens with zero attached hydrogens (tertiary/aromatic N) is 1. The maximum atomic E-state index is 9.31. The highest BCUT2D eigenvalue weighted by molar-refractivity contribution is 9.10. The van der Waals surface area contributed by atoms with Crippen LogP contribution >= 0.6 is 15.9 Å². The minimum Gasteiger partial charge on any atom is -0.385 e. The van der Waals surface area contributed by atoms with Crippen molar-refractivity contribution in [2.75, 3.05) is 0 Å². The summed E-state index contributed by atoms with van der Waals surface area (Å²) in [5, 5.41) is 9.31. The monoisotopic (exact) mass is 240 g/mol. The second-order valence-corrected chi connectivity index (χ2v) is 3.79. The lowest BCUT2D eigenvalue weighted by Gasteiger charge is -1.95. The Morgan fingerprint density at radius 3 is 2.92 bits per heavy atom. The number of rotatable bonds is 1. The van der Waals surface area contributed by atoms with Gasteiger partial charge in [0.05, 0.1) is 5.52 Å². The molecule has 0 saturated carbocycles. The lowest BCUT2D eigenvalue weighted by Crippen LogP contribution is -1.92. The van der Waals surface area contributed by atoms with Gasteiger partial charge in [-0.2, -0.15) is 0 Å². The first-order valence-electron chi connectivity index (χ1n) is 4.00.